The van der Waals surface area contributed by atoms with Gasteiger partial charge in [0.2, 0.25) is 0 Å². The molecule has 28 heavy (non-hydrogen) atoms. The van der Waals surface area contributed by atoms with Gasteiger partial charge in [0.1, 0.15) is 17.5 Å². The third-order valence-corrected chi connectivity index (χ3v) is 4.91. The lowest BCUT2D eigenvalue weighted by molar-refractivity contribution is 0.252. The molecule has 3 aromatic rings. The number of nitrogens with one attached hydrogen (secondary N) is 3. The summed E-state index contributed by atoms with van der Waals surface area (Å²) < 4.78 is 15.1. The van der Waals surface area contributed by atoms with Gasteiger partial charge in [-0.05, 0) is 43.4 Å². The number of carbonyl (C=O) groups is 1. The summed E-state index contributed by atoms with van der Waals surface area (Å²) in [5.41, 5.74) is 1.36. The highest BCUT2D eigenvalue weighted by atomic mass is 19.1. The summed E-state index contributed by atoms with van der Waals surface area (Å²) in [4.78, 5) is 19.7. The van der Waals surface area contributed by atoms with Crippen LogP contribution in [0.4, 0.5) is 15.0 Å². The van der Waals surface area contributed by atoms with E-state index in [0.717, 1.165) is 25.8 Å². The van der Waals surface area contributed by atoms with Gasteiger partial charge in [-0.15, -0.1) is 0 Å². The molecule has 0 bridgehead atoms. The van der Waals surface area contributed by atoms with E-state index in [0.29, 0.717) is 41.6 Å². The molecule has 146 valence electrons. The summed E-state index contributed by atoms with van der Waals surface area (Å²) in [5, 5.41) is 10.00. The first kappa shape index (κ1) is 18.2. The van der Waals surface area contributed by atoms with Crippen LogP contribution in [0.15, 0.2) is 42.6 Å². The highest BCUT2D eigenvalue weighted by Crippen LogP contribution is 2.21. The van der Waals surface area contributed by atoms with E-state index in [-0.39, 0.29) is 11.8 Å². The second kappa shape index (κ2) is 8.24. The molecule has 0 fully saturated rings. The lowest BCUT2D eigenvalue weighted by atomic mass is 9.94. The van der Waals surface area contributed by atoms with Gasteiger partial charge >= 0.3 is 6.03 Å². The maximum absolute atomic E-state index is 13.2. The van der Waals surface area contributed by atoms with Crippen LogP contribution in [0.5, 0.6) is 0 Å². The molecule has 1 aliphatic carbocycles. The second-order valence-electron chi connectivity index (χ2n) is 7.02. The molecular formula is C20H23FN6O. The van der Waals surface area contributed by atoms with Crippen LogP contribution >= 0.6 is 0 Å². The number of imidazole rings is 1. The molecule has 2 amide bonds. The average molecular weight is 382 g/mol. The Morgan fingerprint density at radius 2 is 2.25 bits per heavy atom. The maximum Gasteiger partial charge on any atom is 0.320 e. The number of benzene rings is 1. The third kappa shape index (κ3) is 4.39. The molecule has 1 aromatic carbocycles. The van der Waals surface area contributed by atoms with E-state index in [1.807, 2.05) is 4.68 Å². The van der Waals surface area contributed by atoms with E-state index in [1.165, 1.54) is 12.1 Å². The largest absolute Gasteiger partial charge is 0.342 e. The minimum absolute atomic E-state index is 0.285. The van der Waals surface area contributed by atoms with Crippen molar-refractivity contribution in [1.82, 2.24) is 25.1 Å². The van der Waals surface area contributed by atoms with Crippen molar-refractivity contribution >= 4 is 22.9 Å². The Kier molecular flexibility index (Phi) is 5.36. The Morgan fingerprint density at radius 3 is 3.11 bits per heavy atom. The molecule has 0 spiro atoms. The van der Waals surface area contributed by atoms with Crippen molar-refractivity contribution < 1.29 is 9.18 Å². The van der Waals surface area contributed by atoms with Crippen molar-refractivity contribution in [1.29, 1.82) is 0 Å². The van der Waals surface area contributed by atoms with Crippen LogP contribution < -0.4 is 10.6 Å². The lowest BCUT2D eigenvalue weighted by Crippen LogP contribution is -2.31. The molecule has 8 heteroatoms. The van der Waals surface area contributed by atoms with E-state index < -0.39 is 0 Å². The van der Waals surface area contributed by atoms with Crippen molar-refractivity contribution in [2.75, 3.05) is 11.9 Å². The Hall–Kier alpha value is -3.16. The van der Waals surface area contributed by atoms with Crippen LogP contribution in [-0.4, -0.2) is 32.3 Å². The number of nitrogens with zero attached hydrogens (tertiary/aromatic N) is 3. The number of urea groups is 1. The molecule has 1 aliphatic rings. The Morgan fingerprint density at radius 1 is 1.32 bits per heavy atom. The molecule has 3 N–H and O–H groups in total. The minimum Gasteiger partial charge on any atom is -0.342 e. The smallest absolute Gasteiger partial charge is 0.320 e. The summed E-state index contributed by atoms with van der Waals surface area (Å²) in [6.45, 7) is 1.21. The number of rotatable bonds is 6. The minimum atomic E-state index is -0.305. The van der Waals surface area contributed by atoms with E-state index in [1.54, 1.807) is 18.3 Å². The predicted octanol–water partition coefficient (Wildman–Crippen LogP) is 3.62. The Balaban J connectivity index is 1.27. The van der Waals surface area contributed by atoms with E-state index in [2.05, 4.69) is 37.9 Å². The number of carbonyl (C=O) groups excluding carboxylic acids is 1. The molecule has 0 radical (unpaired) electrons. The van der Waals surface area contributed by atoms with Crippen molar-refractivity contribution in [3.63, 3.8) is 0 Å². The zero-order valence-corrected chi connectivity index (χ0v) is 15.5. The van der Waals surface area contributed by atoms with Gasteiger partial charge in [-0.25, -0.2) is 18.9 Å². The quantitative estimate of drug-likeness (QED) is 0.569. The van der Waals surface area contributed by atoms with Crippen LogP contribution in [0.25, 0.3) is 11.0 Å². The van der Waals surface area contributed by atoms with Crippen molar-refractivity contribution in [2.24, 2.45) is 5.92 Å². The zero-order chi connectivity index (χ0) is 19.3. The number of H-pyrrole nitrogens is 1. The Labute approximate surface area is 162 Å². The number of hydrogen-bond donors (Lipinski definition) is 3. The SMILES string of the molecule is O=C(NCCc1nc2ccc(F)cc2[nH]1)Nc1ccnn1C[C@H]1CC=CCC1. The molecule has 0 saturated heterocycles. The topological polar surface area (TPSA) is 87.6 Å². The molecule has 2 heterocycles. The standard InChI is InChI=1S/C20H23FN6O/c21-15-6-7-16-17(12-15)25-18(24-16)8-10-22-20(28)26-19-9-11-23-27(19)13-14-4-2-1-3-5-14/h1-2,6-7,9,11-12,14H,3-5,8,10,13H2,(H,24,25)(H2,22,26,28)/t14-/m0/s1. The lowest BCUT2D eigenvalue weighted by Gasteiger charge is -2.19. The van der Waals surface area contributed by atoms with E-state index in [9.17, 15) is 9.18 Å². The second-order valence-corrected chi connectivity index (χ2v) is 7.02. The summed E-state index contributed by atoms with van der Waals surface area (Å²) in [5.74, 6) is 1.63. The molecule has 0 saturated carbocycles. The fourth-order valence-corrected chi connectivity index (χ4v) is 3.46. The first-order chi connectivity index (χ1) is 13.7. The molecule has 0 aliphatic heterocycles. The van der Waals surface area contributed by atoms with Gasteiger partial charge < -0.3 is 10.3 Å². The zero-order valence-electron chi connectivity index (χ0n) is 15.5. The number of aromatic amines is 1. The van der Waals surface area contributed by atoms with Crippen LogP contribution in [0, 0.1) is 11.7 Å². The molecular weight excluding hydrogens is 359 g/mol. The molecule has 2 aromatic heterocycles. The first-order valence-corrected chi connectivity index (χ1v) is 9.53. The number of anilines is 1. The van der Waals surface area contributed by atoms with Gasteiger partial charge in [-0.1, -0.05) is 12.2 Å². The predicted molar refractivity (Wildman–Crippen MR) is 105 cm³/mol. The molecule has 1 atom stereocenters. The summed E-state index contributed by atoms with van der Waals surface area (Å²) >= 11 is 0. The molecule has 0 unspecified atom stereocenters. The highest BCUT2D eigenvalue weighted by molar-refractivity contribution is 5.88. The van der Waals surface area contributed by atoms with Gasteiger partial charge in [0.15, 0.2) is 0 Å². The first-order valence-electron chi connectivity index (χ1n) is 9.53. The van der Waals surface area contributed by atoms with Crippen LogP contribution in [0.1, 0.15) is 25.1 Å². The van der Waals surface area contributed by atoms with Crippen LogP contribution in [-0.2, 0) is 13.0 Å². The summed E-state index contributed by atoms with van der Waals surface area (Å²) in [7, 11) is 0. The third-order valence-electron chi connectivity index (χ3n) is 4.91. The number of hydrogen-bond acceptors (Lipinski definition) is 3. The fraction of sp³-hybridized carbons (Fsp3) is 0.350. The molecule has 4 rings (SSSR count). The van der Waals surface area contributed by atoms with Crippen molar-refractivity contribution in [2.45, 2.75) is 32.2 Å². The monoisotopic (exact) mass is 382 g/mol. The highest BCUT2D eigenvalue weighted by Gasteiger charge is 2.14. The normalized spacial score (nSPS) is 16.4. The van der Waals surface area contributed by atoms with Crippen LogP contribution in [0.2, 0.25) is 0 Å². The van der Waals surface area contributed by atoms with Gasteiger partial charge in [0.25, 0.3) is 0 Å². The average Bonchev–Trinajstić information content (AvgIpc) is 3.28. The maximum atomic E-state index is 13.2. The van der Waals surface area contributed by atoms with Crippen molar-refractivity contribution in [3.8, 4) is 0 Å². The van der Waals surface area contributed by atoms with Crippen molar-refractivity contribution in [3.05, 3.63) is 54.3 Å². The molecule has 7 nitrogen and oxygen atoms in total. The summed E-state index contributed by atoms with van der Waals surface area (Å²) in [6.07, 6.45) is 9.94. The van der Waals surface area contributed by atoms with Gasteiger partial charge in [-0.3, -0.25) is 5.32 Å². The number of allylic oxidation sites excluding steroid dienone is 2. The number of fused-ring (bicyclic) bond motifs is 1. The number of halogens is 1. The fourth-order valence-electron chi connectivity index (χ4n) is 3.46. The van der Waals surface area contributed by atoms with Gasteiger partial charge in [0.05, 0.1) is 17.2 Å². The van der Waals surface area contributed by atoms with Gasteiger partial charge in [-0.2, -0.15) is 5.10 Å². The number of amides is 2. The van der Waals surface area contributed by atoms with Crippen LogP contribution in [0.3, 0.4) is 0 Å². The Bertz CT molecular complexity index is 992. The van der Waals surface area contributed by atoms with E-state index in [4.69, 9.17) is 0 Å². The number of aromatic nitrogens is 4. The summed E-state index contributed by atoms with van der Waals surface area (Å²) in [6, 6.07) is 5.94. The van der Waals surface area contributed by atoms with E-state index >= 15 is 0 Å². The van der Waals surface area contributed by atoms with Gasteiger partial charge in [0, 0.05) is 25.6 Å².